The van der Waals surface area contributed by atoms with Crippen molar-refractivity contribution in [1.82, 2.24) is 19.5 Å². The van der Waals surface area contributed by atoms with E-state index in [9.17, 15) is 0 Å². The number of pyridine rings is 2. The van der Waals surface area contributed by atoms with Crippen molar-refractivity contribution in [2.75, 3.05) is 5.73 Å². The lowest BCUT2D eigenvalue weighted by Crippen LogP contribution is -2.02. The van der Waals surface area contributed by atoms with Gasteiger partial charge in [0.15, 0.2) is 5.65 Å². The molecule has 4 rings (SSSR count). The van der Waals surface area contributed by atoms with Crippen molar-refractivity contribution in [2.24, 2.45) is 0 Å². The molecule has 3 heterocycles. The molecule has 4 aromatic rings. The quantitative estimate of drug-likeness (QED) is 0.585. The van der Waals surface area contributed by atoms with Crippen LogP contribution in [0, 0.1) is 0 Å². The molecule has 0 spiro atoms. The van der Waals surface area contributed by atoms with Crippen molar-refractivity contribution < 1.29 is 0 Å². The summed E-state index contributed by atoms with van der Waals surface area (Å²) in [7, 11) is 0. The third kappa shape index (κ3) is 1.82. The maximum absolute atomic E-state index is 6.07. The van der Waals surface area contributed by atoms with Crippen molar-refractivity contribution in [1.29, 1.82) is 0 Å². The first-order valence-corrected chi connectivity index (χ1v) is 6.74. The van der Waals surface area contributed by atoms with Crippen LogP contribution in [0.1, 0.15) is 0 Å². The summed E-state index contributed by atoms with van der Waals surface area (Å²) in [6.07, 6.45) is 5.16. The van der Waals surface area contributed by atoms with Gasteiger partial charge >= 0.3 is 0 Å². The summed E-state index contributed by atoms with van der Waals surface area (Å²) in [6.45, 7) is 0. The van der Waals surface area contributed by atoms with E-state index >= 15 is 0 Å². The third-order valence-corrected chi connectivity index (χ3v) is 3.60. The number of nitrogens with two attached hydrogens (primary N) is 1. The average Bonchev–Trinajstić information content (AvgIpc) is 2.81. The number of benzene rings is 1. The van der Waals surface area contributed by atoms with Crippen molar-refractivity contribution in [3.05, 3.63) is 53.9 Å². The topological polar surface area (TPSA) is 69.6 Å². The van der Waals surface area contributed by atoms with Gasteiger partial charge < -0.3 is 5.73 Å². The van der Waals surface area contributed by atoms with E-state index in [-0.39, 0.29) is 0 Å². The van der Waals surface area contributed by atoms with Gasteiger partial charge in [-0.25, -0.2) is 9.97 Å². The molecule has 0 radical (unpaired) electrons. The summed E-state index contributed by atoms with van der Waals surface area (Å²) in [5, 5.41) is 2.60. The first-order valence-electron chi connectivity index (χ1n) is 6.36. The van der Waals surface area contributed by atoms with Crippen molar-refractivity contribution in [3.8, 4) is 5.69 Å². The van der Waals surface area contributed by atoms with E-state index in [0.717, 1.165) is 16.5 Å². The molecule has 0 aliphatic carbocycles. The molecule has 6 heteroatoms. The van der Waals surface area contributed by atoms with Crippen LogP contribution in [-0.2, 0) is 0 Å². The lowest BCUT2D eigenvalue weighted by atomic mass is 10.1. The zero-order valence-electron chi connectivity index (χ0n) is 10.9. The smallest absolute Gasteiger partial charge is 0.207 e. The van der Waals surface area contributed by atoms with Crippen LogP contribution in [0.4, 0.5) is 5.95 Å². The maximum atomic E-state index is 6.07. The van der Waals surface area contributed by atoms with Crippen LogP contribution in [-0.4, -0.2) is 19.5 Å². The van der Waals surface area contributed by atoms with Gasteiger partial charge in [-0.15, -0.1) is 0 Å². The minimum Gasteiger partial charge on any atom is -0.369 e. The molecule has 0 bridgehead atoms. The second-order valence-electron chi connectivity index (χ2n) is 4.68. The number of nitrogens with zero attached hydrogens (tertiary/aromatic N) is 4. The lowest BCUT2D eigenvalue weighted by Gasteiger charge is -2.09. The van der Waals surface area contributed by atoms with Crippen LogP contribution in [0.15, 0.2) is 48.9 Å². The monoisotopic (exact) mass is 295 g/mol. The largest absolute Gasteiger partial charge is 0.369 e. The summed E-state index contributed by atoms with van der Waals surface area (Å²) in [5.41, 5.74) is 8.32. The zero-order chi connectivity index (χ0) is 14.4. The predicted molar refractivity (Wildman–Crippen MR) is 83.6 cm³/mol. The number of hydrogen-bond donors (Lipinski definition) is 1. The minimum atomic E-state index is 0.371. The van der Waals surface area contributed by atoms with Gasteiger partial charge in [0.1, 0.15) is 5.52 Å². The van der Waals surface area contributed by atoms with Gasteiger partial charge in [-0.1, -0.05) is 23.7 Å². The Bertz CT molecular complexity index is 971. The van der Waals surface area contributed by atoms with E-state index in [4.69, 9.17) is 17.3 Å². The van der Waals surface area contributed by atoms with E-state index < -0.39 is 0 Å². The van der Waals surface area contributed by atoms with E-state index in [1.54, 1.807) is 18.5 Å². The molecular formula is C15H10ClN5. The van der Waals surface area contributed by atoms with Gasteiger partial charge in [-0.05, 0) is 23.6 Å². The molecule has 5 nitrogen and oxygen atoms in total. The van der Waals surface area contributed by atoms with Crippen LogP contribution < -0.4 is 5.73 Å². The van der Waals surface area contributed by atoms with E-state index in [2.05, 4.69) is 15.0 Å². The first-order chi connectivity index (χ1) is 10.2. The van der Waals surface area contributed by atoms with Crippen LogP contribution in [0.5, 0.6) is 0 Å². The summed E-state index contributed by atoms with van der Waals surface area (Å²) < 4.78 is 1.82. The summed E-state index contributed by atoms with van der Waals surface area (Å²) in [4.78, 5) is 12.9. The number of halogens is 1. The molecule has 0 fully saturated rings. The maximum Gasteiger partial charge on any atom is 0.207 e. The van der Waals surface area contributed by atoms with Crippen molar-refractivity contribution in [2.45, 2.75) is 0 Å². The number of fused-ring (bicyclic) bond motifs is 2. The van der Waals surface area contributed by atoms with Gasteiger partial charge in [-0.2, -0.15) is 0 Å². The molecule has 1 aromatic carbocycles. The minimum absolute atomic E-state index is 0.371. The Morgan fingerprint density at radius 2 is 2.05 bits per heavy atom. The van der Waals surface area contributed by atoms with E-state index in [1.807, 2.05) is 35.0 Å². The zero-order valence-corrected chi connectivity index (χ0v) is 11.6. The van der Waals surface area contributed by atoms with Crippen LogP contribution in [0.25, 0.3) is 27.6 Å². The Kier molecular flexibility index (Phi) is 2.55. The Morgan fingerprint density at radius 3 is 2.95 bits per heavy atom. The molecule has 0 saturated carbocycles. The van der Waals surface area contributed by atoms with Crippen LogP contribution in [0.2, 0.25) is 5.02 Å². The molecule has 0 amide bonds. The number of rotatable bonds is 1. The Labute approximate surface area is 125 Å². The highest BCUT2D eigenvalue weighted by atomic mass is 35.5. The Morgan fingerprint density at radius 1 is 1.14 bits per heavy atom. The SMILES string of the molecule is Nc1nc2cc(Cl)cnc2n1-c1cccc2ccncc12. The second-order valence-corrected chi connectivity index (χ2v) is 5.11. The fourth-order valence-electron chi connectivity index (χ4n) is 2.49. The van der Waals surface area contributed by atoms with Gasteiger partial charge in [0.05, 0.1) is 10.7 Å². The molecule has 0 unspecified atom stereocenters. The summed E-state index contributed by atoms with van der Waals surface area (Å²) in [6, 6.07) is 9.68. The fraction of sp³-hybridized carbons (Fsp3) is 0. The number of anilines is 1. The molecular weight excluding hydrogens is 286 g/mol. The molecule has 3 aromatic heterocycles. The Hall–Kier alpha value is -2.66. The lowest BCUT2D eigenvalue weighted by molar-refractivity contribution is 1.09. The molecule has 0 atom stereocenters. The number of imidazole rings is 1. The van der Waals surface area contributed by atoms with Crippen LogP contribution >= 0.6 is 11.6 Å². The standard InChI is InChI=1S/C15H10ClN5/c16-10-6-12-14(19-7-10)21(15(17)20-12)13-3-1-2-9-4-5-18-8-11(9)13/h1-8H,(H2,17,20). The summed E-state index contributed by atoms with van der Waals surface area (Å²) in [5.74, 6) is 0.371. The van der Waals surface area contributed by atoms with Gasteiger partial charge in [0.2, 0.25) is 5.95 Å². The highest BCUT2D eigenvalue weighted by molar-refractivity contribution is 6.31. The van der Waals surface area contributed by atoms with E-state index in [1.165, 1.54) is 0 Å². The number of hydrogen-bond acceptors (Lipinski definition) is 4. The summed E-state index contributed by atoms with van der Waals surface area (Å²) >= 11 is 5.96. The fourth-order valence-corrected chi connectivity index (χ4v) is 2.64. The average molecular weight is 296 g/mol. The highest BCUT2D eigenvalue weighted by Gasteiger charge is 2.13. The molecule has 0 aliphatic rings. The van der Waals surface area contributed by atoms with Crippen molar-refractivity contribution >= 4 is 39.5 Å². The van der Waals surface area contributed by atoms with Gasteiger partial charge in [-0.3, -0.25) is 9.55 Å². The van der Waals surface area contributed by atoms with Crippen molar-refractivity contribution in [3.63, 3.8) is 0 Å². The van der Waals surface area contributed by atoms with Gasteiger partial charge in [0, 0.05) is 24.0 Å². The Balaban J connectivity index is 2.11. The molecule has 0 aliphatic heterocycles. The number of aromatic nitrogens is 4. The highest BCUT2D eigenvalue weighted by Crippen LogP contribution is 2.28. The second kappa shape index (κ2) is 4.43. The first kappa shape index (κ1) is 12.1. The molecule has 0 saturated heterocycles. The molecule has 2 N–H and O–H groups in total. The molecule has 102 valence electrons. The van der Waals surface area contributed by atoms with E-state index in [0.29, 0.717) is 22.1 Å². The normalized spacial score (nSPS) is 11.3. The predicted octanol–water partition coefficient (Wildman–Crippen LogP) is 3.20. The van der Waals surface area contributed by atoms with Gasteiger partial charge in [0.25, 0.3) is 0 Å². The molecule has 21 heavy (non-hydrogen) atoms. The number of nitrogen functional groups attached to an aromatic ring is 1. The third-order valence-electron chi connectivity index (χ3n) is 3.39. The van der Waals surface area contributed by atoms with Crippen LogP contribution in [0.3, 0.4) is 0 Å².